The van der Waals surface area contributed by atoms with Gasteiger partial charge in [0.15, 0.2) is 5.76 Å². The van der Waals surface area contributed by atoms with Crippen LogP contribution in [0, 0.1) is 0 Å². The predicted octanol–water partition coefficient (Wildman–Crippen LogP) is 2.18. The minimum Gasteiger partial charge on any atom is -0.461 e. The summed E-state index contributed by atoms with van der Waals surface area (Å²) in [6.45, 7) is 2.22. The highest BCUT2D eigenvalue weighted by molar-refractivity contribution is 7.89. The molecule has 0 aliphatic heterocycles. The summed E-state index contributed by atoms with van der Waals surface area (Å²) >= 11 is 0. The van der Waals surface area contributed by atoms with Crippen LogP contribution in [0.1, 0.15) is 31.4 Å². The molecule has 0 bridgehead atoms. The molecule has 0 spiro atoms. The number of hydrogen-bond acceptors (Lipinski definition) is 5. The number of nitrogens with one attached hydrogen (secondary N) is 1. The third-order valence-electron chi connectivity index (χ3n) is 4.78. The Labute approximate surface area is 162 Å². The van der Waals surface area contributed by atoms with E-state index in [1.165, 1.54) is 10.9 Å². The van der Waals surface area contributed by atoms with Crippen LogP contribution in [0.4, 0.5) is 0 Å². The summed E-state index contributed by atoms with van der Waals surface area (Å²) in [5.74, 6) is 1.01. The van der Waals surface area contributed by atoms with Crippen molar-refractivity contribution in [1.29, 1.82) is 0 Å². The Morgan fingerprint density at radius 2 is 1.96 bits per heavy atom. The normalized spacial score (nSPS) is 14.5. The van der Waals surface area contributed by atoms with E-state index >= 15 is 0 Å². The van der Waals surface area contributed by atoms with Crippen molar-refractivity contribution in [2.75, 3.05) is 6.54 Å². The van der Waals surface area contributed by atoms with Crippen LogP contribution in [0.3, 0.4) is 0 Å². The first-order valence-electron chi connectivity index (χ1n) is 9.31. The summed E-state index contributed by atoms with van der Waals surface area (Å²) in [6, 6.07) is 10.4. The van der Waals surface area contributed by atoms with Crippen molar-refractivity contribution >= 4 is 10.0 Å². The van der Waals surface area contributed by atoms with Crippen molar-refractivity contribution in [3.8, 4) is 11.6 Å². The van der Waals surface area contributed by atoms with Crippen LogP contribution >= 0.6 is 0 Å². The molecule has 4 rings (SSSR count). The number of benzene rings is 1. The van der Waals surface area contributed by atoms with Gasteiger partial charge in [0.2, 0.25) is 15.8 Å². The van der Waals surface area contributed by atoms with Gasteiger partial charge in [-0.3, -0.25) is 4.57 Å². The standard InChI is InChI=1S/C19H22N4O4S/c1-2-14-5-9-16(10-6-14)28(25,26)20-11-12-22-19(24)23(15-7-8-15)18(21-22)17-4-3-13-27-17/h3-6,9-10,13,15,20H,2,7-8,11-12H2,1H3. The van der Waals surface area contributed by atoms with Crippen molar-refractivity contribution < 1.29 is 12.8 Å². The van der Waals surface area contributed by atoms with Crippen molar-refractivity contribution in [2.45, 2.75) is 43.7 Å². The maximum Gasteiger partial charge on any atom is 0.346 e. The zero-order chi connectivity index (χ0) is 19.7. The van der Waals surface area contributed by atoms with Crippen LogP contribution in [-0.2, 0) is 23.0 Å². The summed E-state index contributed by atoms with van der Waals surface area (Å²) in [4.78, 5) is 12.9. The van der Waals surface area contributed by atoms with E-state index in [9.17, 15) is 13.2 Å². The summed E-state index contributed by atoms with van der Waals surface area (Å²) in [5, 5.41) is 4.37. The highest BCUT2D eigenvalue weighted by atomic mass is 32.2. The van der Waals surface area contributed by atoms with Crippen LogP contribution < -0.4 is 10.4 Å². The molecule has 148 valence electrons. The van der Waals surface area contributed by atoms with E-state index in [1.807, 2.05) is 6.92 Å². The van der Waals surface area contributed by atoms with Crippen LogP contribution in [0.25, 0.3) is 11.6 Å². The molecule has 8 nitrogen and oxygen atoms in total. The SMILES string of the molecule is CCc1ccc(S(=O)(=O)NCCn2nc(-c3ccco3)n(C3CC3)c2=O)cc1. The number of furan rings is 1. The molecule has 2 heterocycles. The van der Waals surface area contributed by atoms with E-state index < -0.39 is 10.0 Å². The summed E-state index contributed by atoms with van der Waals surface area (Å²) < 4.78 is 35.7. The predicted molar refractivity (Wildman–Crippen MR) is 103 cm³/mol. The number of aromatic nitrogens is 3. The Kier molecular flexibility index (Phi) is 4.94. The lowest BCUT2D eigenvalue weighted by Gasteiger charge is -2.07. The molecular weight excluding hydrogens is 380 g/mol. The third kappa shape index (κ3) is 3.67. The van der Waals surface area contributed by atoms with Gasteiger partial charge in [-0.05, 0) is 49.1 Å². The Bertz CT molecular complexity index is 1110. The van der Waals surface area contributed by atoms with Crippen molar-refractivity contribution in [3.63, 3.8) is 0 Å². The van der Waals surface area contributed by atoms with Gasteiger partial charge in [-0.15, -0.1) is 5.10 Å². The van der Waals surface area contributed by atoms with Gasteiger partial charge >= 0.3 is 5.69 Å². The fourth-order valence-corrected chi connectivity index (χ4v) is 4.10. The quantitative estimate of drug-likeness (QED) is 0.623. The van der Waals surface area contributed by atoms with E-state index in [0.717, 1.165) is 24.8 Å². The Balaban J connectivity index is 1.49. The molecule has 9 heteroatoms. The first-order valence-corrected chi connectivity index (χ1v) is 10.8. The molecule has 1 aromatic carbocycles. The first-order chi connectivity index (χ1) is 13.5. The minimum atomic E-state index is -3.64. The summed E-state index contributed by atoms with van der Waals surface area (Å²) in [7, 11) is -3.64. The third-order valence-corrected chi connectivity index (χ3v) is 6.26. The molecule has 0 atom stereocenters. The van der Waals surface area contributed by atoms with E-state index in [0.29, 0.717) is 11.6 Å². The highest BCUT2D eigenvalue weighted by Crippen LogP contribution is 2.36. The second-order valence-corrected chi connectivity index (χ2v) is 8.57. The monoisotopic (exact) mass is 402 g/mol. The highest BCUT2D eigenvalue weighted by Gasteiger charge is 2.31. The second kappa shape index (κ2) is 7.40. The Morgan fingerprint density at radius 1 is 1.21 bits per heavy atom. The molecule has 1 N–H and O–H groups in total. The van der Waals surface area contributed by atoms with E-state index in [-0.39, 0.29) is 29.7 Å². The molecule has 28 heavy (non-hydrogen) atoms. The smallest absolute Gasteiger partial charge is 0.346 e. The Morgan fingerprint density at radius 3 is 2.57 bits per heavy atom. The largest absolute Gasteiger partial charge is 0.461 e. The number of rotatable bonds is 8. The Hall–Kier alpha value is -2.65. The van der Waals surface area contributed by atoms with Crippen molar-refractivity contribution in [3.05, 3.63) is 58.7 Å². The second-order valence-electron chi connectivity index (χ2n) is 6.80. The number of hydrogen-bond donors (Lipinski definition) is 1. The van der Waals surface area contributed by atoms with Crippen molar-refractivity contribution in [2.24, 2.45) is 0 Å². The zero-order valence-corrected chi connectivity index (χ0v) is 16.4. The fourth-order valence-electron chi connectivity index (χ4n) is 3.08. The average Bonchev–Trinajstić information content (AvgIpc) is 3.27. The molecule has 0 saturated heterocycles. The van der Waals surface area contributed by atoms with Crippen LogP contribution in [0.15, 0.2) is 56.8 Å². The van der Waals surface area contributed by atoms with Gasteiger partial charge in [-0.1, -0.05) is 19.1 Å². The first kappa shape index (κ1) is 18.7. The van der Waals surface area contributed by atoms with Crippen LogP contribution in [-0.4, -0.2) is 29.3 Å². The number of nitrogens with zero attached hydrogens (tertiary/aromatic N) is 3. The van der Waals surface area contributed by atoms with E-state index in [1.54, 1.807) is 41.0 Å². The van der Waals surface area contributed by atoms with Crippen molar-refractivity contribution in [1.82, 2.24) is 19.1 Å². The lowest BCUT2D eigenvalue weighted by Crippen LogP contribution is -2.32. The molecule has 3 aromatic rings. The van der Waals surface area contributed by atoms with Crippen LogP contribution in [0.2, 0.25) is 0 Å². The van der Waals surface area contributed by atoms with Crippen LogP contribution in [0.5, 0.6) is 0 Å². The molecule has 1 fully saturated rings. The summed E-state index contributed by atoms with van der Waals surface area (Å²) in [5.41, 5.74) is 0.821. The number of aryl methyl sites for hydroxylation is 1. The molecule has 0 unspecified atom stereocenters. The average molecular weight is 402 g/mol. The maximum absolute atomic E-state index is 12.7. The fraction of sp³-hybridized carbons (Fsp3) is 0.368. The molecule has 1 saturated carbocycles. The minimum absolute atomic E-state index is 0.0665. The van der Waals surface area contributed by atoms with Gasteiger partial charge in [-0.2, -0.15) is 0 Å². The zero-order valence-electron chi connectivity index (χ0n) is 15.5. The molecule has 1 aliphatic carbocycles. The van der Waals surface area contributed by atoms with Gasteiger partial charge in [0.1, 0.15) is 0 Å². The topological polar surface area (TPSA) is 99.1 Å². The number of sulfonamides is 1. The molecule has 0 amide bonds. The van der Waals surface area contributed by atoms with E-state index in [4.69, 9.17) is 4.42 Å². The summed E-state index contributed by atoms with van der Waals surface area (Å²) in [6.07, 6.45) is 4.24. The van der Waals surface area contributed by atoms with Gasteiger partial charge in [0.05, 0.1) is 17.7 Å². The molecule has 0 radical (unpaired) electrons. The van der Waals surface area contributed by atoms with E-state index in [2.05, 4.69) is 9.82 Å². The lowest BCUT2D eigenvalue weighted by molar-refractivity contribution is 0.546. The molecule has 2 aromatic heterocycles. The molecular formula is C19H22N4O4S. The molecule has 1 aliphatic rings. The van der Waals surface area contributed by atoms with Gasteiger partial charge < -0.3 is 4.42 Å². The van der Waals surface area contributed by atoms with Gasteiger partial charge in [0, 0.05) is 12.6 Å². The lowest BCUT2D eigenvalue weighted by atomic mass is 10.2. The van der Waals surface area contributed by atoms with Gasteiger partial charge in [-0.25, -0.2) is 22.6 Å². The van der Waals surface area contributed by atoms with Gasteiger partial charge in [0.25, 0.3) is 0 Å². The maximum atomic E-state index is 12.7.